The second-order valence-electron chi connectivity index (χ2n) is 7.88. The summed E-state index contributed by atoms with van der Waals surface area (Å²) in [6, 6.07) is 9.66. The van der Waals surface area contributed by atoms with Crippen LogP contribution in [0.4, 0.5) is 0 Å². The summed E-state index contributed by atoms with van der Waals surface area (Å²) >= 11 is 0. The van der Waals surface area contributed by atoms with E-state index in [1.54, 1.807) is 26.8 Å². The molecule has 0 amide bonds. The molecule has 1 N–H and O–H groups in total. The Labute approximate surface area is 201 Å². The summed E-state index contributed by atoms with van der Waals surface area (Å²) < 4.78 is 11.5. The van der Waals surface area contributed by atoms with Gasteiger partial charge in [-0.2, -0.15) is 0 Å². The van der Waals surface area contributed by atoms with Crippen molar-refractivity contribution in [2.75, 3.05) is 13.7 Å². The van der Waals surface area contributed by atoms with E-state index in [2.05, 4.69) is 6.58 Å². The van der Waals surface area contributed by atoms with Gasteiger partial charge in [-0.15, -0.1) is 6.58 Å². The smallest absolute Gasteiger partial charge is 0.169 e. The number of benzene rings is 2. The summed E-state index contributed by atoms with van der Waals surface area (Å²) in [7, 11) is 1.38. The fourth-order valence-corrected chi connectivity index (χ4v) is 4.08. The highest BCUT2D eigenvalue weighted by Crippen LogP contribution is 2.42. The molecular formula is C28H34O6. The van der Waals surface area contributed by atoms with E-state index in [0.29, 0.717) is 25.0 Å². The van der Waals surface area contributed by atoms with Gasteiger partial charge in [-0.05, 0) is 18.4 Å². The van der Waals surface area contributed by atoms with E-state index in [4.69, 9.17) is 9.47 Å². The molecule has 0 aliphatic carbocycles. The number of methoxy groups -OCH3 is 1. The van der Waals surface area contributed by atoms with Crippen molar-refractivity contribution in [1.29, 1.82) is 0 Å². The Balaban J connectivity index is 2.73. The minimum atomic E-state index is -0.416. The number of rotatable bonds is 14. The Hall–Kier alpha value is -3.25. The minimum absolute atomic E-state index is 0.00206. The van der Waals surface area contributed by atoms with Crippen LogP contribution in [0, 0.1) is 0 Å². The molecule has 0 radical (unpaired) electrons. The van der Waals surface area contributed by atoms with Crippen LogP contribution in [0.1, 0.15) is 94.8 Å². The number of hydrogen-bond acceptors (Lipinski definition) is 6. The average molecular weight is 467 g/mol. The van der Waals surface area contributed by atoms with Crippen LogP contribution in [-0.4, -0.2) is 36.2 Å². The van der Waals surface area contributed by atoms with E-state index >= 15 is 0 Å². The second kappa shape index (κ2) is 12.8. The highest BCUT2D eigenvalue weighted by atomic mass is 16.5. The van der Waals surface area contributed by atoms with Gasteiger partial charge in [-0.3, -0.25) is 14.4 Å². The van der Waals surface area contributed by atoms with Crippen molar-refractivity contribution in [3.8, 4) is 11.5 Å². The van der Waals surface area contributed by atoms with E-state index in [1.165, 1.54) is 7.11 Å². The van der Waals surface area contributed by atoms with E-state index in [0.717, 1.165) is 5.56 Å². The first-order valence-corrected chi connectivity index (χ1v) is 11.7. The lowest BCUT2D eigenvalue weighted by Gasteiger charge is -2.23. The van der Waals surface area contributed by atoms with Crippen LogP contribution in [0.25, 0.3) is 0 Å². The predicted molar refractivity (Wildman–Crippen MR) is 132 cm³/mol. The summed E-state index contributed by atoms with van der Waals surface area (Å²) in [6.45, 7) is 9.06. The van der Waals surface area contributed by atoms with Gasteiger partial charge in [0.15, 0.2) is 28.8 Å². The van der Waals surface area contributed by atoms with Gasteiger partial charge in [0.05, 0.1) is 25.4 Å². The van der Waals surface area contributed by atoms with Crippen LogP contribution in [0.3, 0.4) is 0 Å². The van der Waals surface area contributed by atoms with Crippen LogP contribution in [0.15, 0.2) is 43.0 Å². The number of hydrogen-bond donors (Lipinski definition) is 1. The molecule has 2 aromatic rings. The molecule has 0 saturated heterocycles. The van der Waals surface area contributed by atoms with Gasteiger partial charge in [-0.25, -0.2) is 0 Å². The molecule has 2 rings (SSSR count). The average Bonchev–Trinajstić information content (AvgIpc) is 2.87. The van der Waals surface area contributed by atoms with E-state index in [-0.39, 0.29) is 59.4 Å². The molecule has 34 heavy (non-hydrogen) atoms. The van der Waals surface area contributed by atoms with Crippen molar-refractivity contribution < 1.29 is 29.0 Å². The van der Waals surface area contributed by atoms with Gasteiger partial charge in [0.1, 0.15) is 0 Å². The maximum atomic E-state index is 13.2. The van der Waals surface area contributed by atoms with Crippen LogP contribution in [-0.2, 0) is 11.2 Å². The van der Waals surface area contributed by atoms with Crippen molar-refractivity contribution in [3.05, 3.63) is 70.8 Å². The zero-order valence-electron chi connectivity index (χ0n) is 20.5. The number of carbonyl (C=O) groups is 3. The summed E-state index contributed by atoms with van der Waals surface area (Å²) in [4.78, 5) is 38.9. The van der Waals surface area contributed by atoms with Gasteiger partial charge in [0.2, 0.25) is 0 Å². The summed E-state index contributed by atoms with van der Waals surface area (Å²) in [5.41, 5.74) is 1.40. The SMILES string of the molecule is C=CCOC(CCc1c(OC)c(O)c(C(=O)CC)c(C(=O)CC)c1C(=O)CC)c1ccccc1. The fraction of sp³-hybridized carbons (Fsp3) is 0.393. The number of ether oxygens (including phenoxy) is 2. The number of phenols is 1. The van der Waals surface area contributed by atoms with Crippen molar-refractivity contribution >= 4 is 17.3 Å². The molecule has 6 heteroatoms. The Morgan fingerprint density at radius 2 is 1.50 bits per heavy atom. The molecular weight excluding hydrogens is 432 g/mol. The Bertz CT molecular complexity index is 1040. The lowest BCUT2D eigenvalue weighted by Crippen LogP contribution is -2.19. The monoisotopic (exact) mass is 466 g/mol. The number of ketones is 3. The maximum Gasteiger partial charge on any atom is 0.169 e. The van der Waals surface area contributed by atoms with Crippen molar-refractivity contribution in [3.63, 3.8) is 0 Å². The fourth-order valence-electron chi connectivity index (χ4n) is 4.08. The molecule has 0 bridgehead atoms. The zero-order valence-corrected chi connectivity index (χ0v) is 20.5. The number of carbonyl (C=O) groups excluding carboxylic acids is 3. The molecule has 1 atom stereocenters. The third kappa shape index (κ3) is 5.81. The van der Waals surface area contributed by atoms with Crippen molar-refractivity contribution in [2.45, 2.75) is 59.0 Å². The standard InChI is InChI=1S/C28H34O6/c1-6-17-34-23(18-13-11-10-12-14-18)16-15-19-24(20(29)7-2)25(21(30)8-3)26(22(31)9-4)27(32)28(19)33-5/h6,10-14,23,32H,1,7-9,15-17H2,2-5H3. The minimum Gasteiger partial charge on any atom is -0.504 e. The van der Waals surface area contributed by atoms with Crippen molar-refractivity contribution in [2.24, 2.45) is 0 Å². The molecule has 0 fully saturated rings. The van der Waals surface area contributed by atoms with Crippen LogP contribution < -0.4 is 4.74 Å². The Morgan fingerprint density at radius 1 is 0.941 bits per heavy atom. The normalized spacial score (nSPS) is 11.6. The van der Waals surface area contributed by atoms with Crippen LogP contribution in [0.5, 0.6) is 11.5 Å². The maximum absolute atomic E-state index is 13.2. The predicted octanol–water partition coefficient (Wildman–Crippen LogP) is 6.06. The summed E-state index contributed by atoms with van der Waals surface area (Å²) in [5, 5.41) is 11.0. The topological polar surface area (TPSA) is 89.9 Å². The first-order valence-electron chi connectivity index (χ1n) is 11.7. The largest absolute Gasteiger partial charge is 0.504 e. The quantitative estimate of drug-likeness (QED) is 0.269. The Morgan fingerprint density at radius 3 is 2.03 bits per heavy atom. The van der Waals surface area contributed by atoms with E-state index in [9.17, 15) is 19.5 Å². The first kappa shape index (κ1) is 27.0. The molecule has 2 aromatic carbocycles. The number of phenolic OH excluding ortho intramolecular Hbond substituents is 1. The van der Waals surface area contributed by atoms with Gasteiger partial charge >= 0.3 is 0 Å². The molecule has 0 aliphatic heterocycles. The molecule has 0 saturated carbocycles. The molecule has 0 heterocycles. The molecule has 0 aliphatic rings. The van der Waals surface area contributed by atoms with E-state index in [1.807, 2.05) is 30.3 Å². The molecule has 6 nitrogen and oxygen atoms in total. The third-order valence-electron chi connectivity index (χ3n) is 5.77. The van der Waals surface area contributed by atoms with E-state index < -0.39 is 11.5 Å². The molecule has 0 aromatic heterocycles. The van der Waals surface area contributed by atoms with Crippen molar-refractivity contribution in [1.82, 2.24) is 0 Å². The lowest BCUT2D eigenvalue weighted by atomic mass is 9.83. The lowest BCUT2D eigenvalue weighted by molar-refractivity contribution is 0.0675. The highest BCUT2D eigenvalue weighted by molar-refractivity contribution is 6.18. The number of aromatic hydroxyl groups is 1. The highest BCUT2D eigenvalue weighted by Gasteiger charge is 2.33. The second-order valence-corrected chi connectivity index (χ2v) is 7.88. The molecule has 1 unspecified atom stereocenters. The van der Waals surface area contributed by atoms with Gasteiger partial charge < -0.3 is 14.6 Å². The van der Waals surface area contributed by atoms with Crippen LogP contribution >= 0.6 is 0 Å². The third-order valence-corrected chi connectivity index (χ3v) is 5.77. The van der Waals surface area contributed by atoms with Crippen LogP contribution in [0.2, 0.25) is 0 Å². The first-order chi connectivity index (χ1) is 16.4. The summed E-state index contributed by atoms with van der Waals surface area (Å²) in [6.07, 6.45) is 2.41. The Kier molecular flexibility index (Phi) is 10.2. The summed E-state index contributed by atoms with van der Waals surface area (Å²) in [5.74, 6) is -1.40. The van der Waals surface area contributed by atoms with Gasteiger partial charge in [0, 0.05) is 36.0 Å². The number of Topliss-reactive ketones (excluding diaryl/α,β-unsaturated/α-hetero) is 3. The van der Waals surface area contributed by atoms with Gasteiger partial charge in [0.25, 0.3) is 0 Å². The zero-order chi connectivity index (χ0) is 25.3. The van der Waals surface area contributed by atoms with Gasteiger partial charge in [-0.1, -0.05) is 57.2 Å². The molecule has 182 valence electrons. The molecule has 0 spiro atoms.